The van der Waals surface area contributed by atoms with Crippen LogP contribution in [0.5, 0.6) is 11.5 Å². The maximum atomic E-state index is 13.2. The Bertz CT molecular complexity index is 647. The van der Waals surface area contributed by atoms with Crippen LogP contribution in [0.4, 0.5) is 0 Å². The van der Waals surface area contributed by atoms with Crippen molar-refractivity contribution in [2.24, 2.45) is 11.3 Å². The van der Waals surface area contributed by atoms with Gasteiger partial charge in [0.1, 0.15) is 0 Å². The van der Waals surface area contributed by atoms with Gasteiger partial charge in [0.15, 0.2) is 11.5 Å². The van der Waals surface area contributed by atoms with Crippen molar-refractivity contribution in [3.05, 3.63) is 23.8 Å². The molecule has 1 amide bonds. The fourth-order valence-corrected chi connectivity index (χ4v) is 4.29. The van der Waals surface area contributed by atoms with Crippen molar-refractivity contribution in [2.45, 2.75) is 52.5 Å². The smallest absolute Gasteiger partial charge is 0.226 e. The van der Waals surface area contributed by atoms with Gasteiger partial charge in [-0.15, -0.1) is 12.4 Å². The van der Waals surface area contributed by atoms with Crippen LogP contribution in [0.1, 0.15) is 51.5 Å². The lowest BCUT2D eigenvalue weighted by Crippen LogP contribution is -2.36. The van der Waals surface area contributed by atoms with E-state index in [1.807, 2.05) is 17.0 Å². The number of hydrogen-bond acceptors (Lipinski definition) is 4. The van der Waals surface area contributed by atoms with Crippen LogP contribution in [0.15, 0.2) is 18.2 Å². The van der Waals surface area contributed by atoms with E-state index in [0.717, 1.165) is 68.8 Å². The van der Waals surface area contributed by atoms with E-state index in [1.54, 1.807) is 7.11 Å². The van der Waals surface area contributed by atoms with E-state index in [1.165, 1.54) is 0 Å². The van der Waals surface area contributed by atoms with Crippen molar-refractivity contribution in [2.75, 3.05) is 33.4 Å². The number of nitrogens with zero attached hydrogens (tertiary/aromatic N) is 1. The Hall–Kier alpha value is -1.46. The molecule has 1 spiro atoms. The standard InChI is InChI=1S/C22H34N2O3.ClH/c1-4-12-24(21(25)18-15-22(18)8-10-23-11-9-22)16-17-6-7-19(27-13-5-2)20(14-17)26-3;/h6-7,14,18,23H,4-5,8-13,15-16H2,1-3H3;1H. The molecule has 1 unspecified atom stereocenters. The number of halogens is 1. The summed E-state index contributed by atoms with van der Waals surface area (Å²) in [4.78, 5) is 15.2. The molecule has 0 aromatic heterocycles. The van der Waals surface area contributed by atoms with Gasteiger partial charge in [0.05, 0.1) is 13.7 Å². The Morgan fingerprint density at radius 1 is 1.21 bits per heavy atom. The van der Waals surface area contributed by atoms with Gasteiger partial charge in [-0.1, -0.05) is 19.9 Å². The number of carbonyl (C=O) groups excluding carboxylic acids is 1. The minimum Gasteiger partial charge on any atom is -0.493 e. The molecule has 28 heavy (non-hydrogen) atoms. The van der Waals surface area contributed by atoms with Crippen molar-refractivity contribution in [1.82, 2.24) is 10.2 Å². The molecule has 2 aliphatic rings. The van der Waals surface area contributed by atoms with Crippen LogP contribution in [-0.2, 0) is 11.3 Å². The summed E-state index contributed by atoms with van der Waals surface area (Å²) in [5.41, 5.74) is 1.38. The minimum absolute atomic E-state index is 0. The average molecular weight is 411 g/mol. The maximum absolute atomic E-state index is 13.2. The number of amides is 1. The largest absolute Gasteiger partial charge is 0.493 e. The number of benzene rings is 1. The second kappa shape index (κ2) is 10.4. The van der Waals surface area contributed by atoms with Crippen molar-refractivity contribution >= 4 is 18.3 Å². The summed E-state index contributed by atoms with van der Waals surface area (Å²) in [6, 6.07) is 6.02. The Kier molecular flexibility index (Phi) is 8.44. The van der Waals surface area contributed by atoms with Gasteiger partial charge in [0.25, 0.3) is 0 Å². The lowest BCUT2D eigenvalue weighted by Gasteiger charge is -2.27. The van der Waals surface area contributed by atoms with Gasteiger partial charge in [-0.2, -0.15) is 0 Å². The van der Waals surface area contributed by atoms with Gasteiger partial charge < -0.3 is 19.7 Å². The van der Waals surface area contributed by atoms with Crippen LogP contribution in [0.25, 0.3) is 0 Å². The molecule has 3 rings (SSSR count). The highest BCUT2D eigenvalue weighted by molar-refractivity contribution is 5.85. The first-order chi connectivity index (χ1) is 13.1. The normalized spacial score (nSPS) is 19.6. The zero-order valence-electron chi connectivity index (χ0n) is 17.5. The van der Waals surface area contributed by atoms with Crippen LogP contribution in [0, 0.1) is 11.3 Å². The van der Waals surface area contributed by atoms with Crippen LogP contribution >= 0.6 is 12.4 Å². The molecule has 1 heterocycles. The topological polar surface area (TPSA) is 50.8 Å². The summed E-state index contributed by atoms with van der Waals surface area (Å²) >= 11 is 0. The second-order valence-electron chi connectivity index (χ2n) is 7.96. The number of nitrogens with one attached hydrogen (secondary N) is 1. The van der Waals surface area contributed by atoms with Gasteiger partial charge in [-0.25, -0.2) is 0 Å². The van der Waals surface area contributed by atoms with Gasteiger partial charge in [-0.3, -0.25) is 4.79 Å². The quantitative estimate of drug-likeness (QED) is 0.667. The Morgan fingerprint density at radius 2 is 1.96 bits per heavy atom. The van der Waals surface area contributed by atoms with E-state index >= 15 is 0 Å². The lowest BCUT2D eigenvalue weighted by molar-refractivity contribution is -0.134. The Labute approximate surface area is 175 Å². The number of rotatable bonds is 9. The van der Waals surface area contributed by atoms with E-state index in [4.69, 9.17) is 9.47 Å². The monoisotopic (exact) mass is 410 g/mol. The maximum Gasteiger partial charge on any atom is 0.226 e. The van der Waals surface area contributed by atoms with Crippen LogP contribution in [-0.4, -0.2) is 44.2 Å². The third kappa shape index (κ3) is 5.12. The summed E-state index contributed by atoms with van der Waals surface area (Å²) in [6.45, 7) is 8.44. The van der Waals surface area contributed by atoms with E-state index < -0.39 is 0 Å². The molecule has 6 heteroatoms. The van der Waals surface area contributed by atoms with Gasteiger partial charge >= 0.3 is 0 Å². The molecule has 0 bridgehead atoms. The first-order valence-corrected chi connectivity index (χ1v) is 10.4. The molecule has 1 aromatic rings. The highest BCUT2D eigenvalue weighted by atomic mass is 35.5. The van der Waals surface area contributed by atoms with Crippen molar-refractivity contribution in [3.8, 4) is 11.5 Å². The molecule has 1 N–H and O–H groups in total. The number of methoxy groups -OCH3 is 1. The summed E-state index contributed by atoms with van der Waals surface area (Å²) in [5, 5.41) is 3.42. The first kappa shape index (κ1) is 22.8. The molecule has 0 radical (unpaired) electrons. The third-order valence-corrected chi connectivity index (χ3v) is 5.96. The second-order valence-corrected chi connectivity index (χ2v) is 7.96. The van der Waals surface area contributed by atoms with E-state index in [2.05, 4.69) is 25.2 Å². The summed E-state index contributed by atoms with van der Waals surface area (Å²) in [7, 11) is 1.66. The summed E-state index contributed by atoms with van der Waals surface area (Å²) in [5.74, 6) is 2.07. The fourth-order valence-electron chi connectivity index (χ4n) is 4.29. The van der Waals surface area contributed by atoms with Gasteiger partial charge in [0.2, 0.25) is 5.91 Å². The molecular formula is C22H35ClN2O3. The molecule has 1 aliphatic heterocycles. The van der Waals surface area contributed by atoms with Crippen molar-refractivity contribution in [1.29, 1.82) is 0 Å². The lowest BCUT2D eigenvalue weighted by atomic mass is 9.91. The number of piperidine rings is 1. The van der Waals surface area contributed by atoms with Crippen LogP contribution < -0.4 is 14.8 Å². The van der Waals surface area contributed by atoms with E-state index in [-0.39, 0.29) is 23.7 Å². The molecule has 1 atom stereocenters. The molecular weight excluding hydrogens is 376 g/mol. The molecule has 1 aliphatic carbocycles. The average Bonchev–Trinajstić information content (AvgIpc) is 3.39. The zero-order chi connectivity index (χ0) is 19.3. The van der Waals surface area contributed by atoms with Crippen molar-refractivity contribution < 1.29 is 14.3 Å². The fraction of sp³-hybridized carbons (Fsp3) is 0.682. The molecule has 1 aromatic carbocycles. The predicted molar refractivity (Wildman–Crippen MR) is 114 cm³/mol. The number of hydrogen-bond donors (Lipinski definition) is 1. The third-order valence-electron chi connectivity index (χ3n) is 5.96. The highest BCUT2D eigenvalue weighted by Crippen LogP contribution is 2.59. The Morgan fingerprint density at radius 3 is 2.61 bits per heavy atom. The minimum atomic E-state index is 0. The van der Waals surface area contributed by atoms with Gasteiger partial charge in [0, 0.05) is 19.0 Å². The molecule has 2 fully saturated rings. The predicted octanol–water partition coefficient (Wildman–Crippen LogP) is 4.03. The molecule has 158 valence electrons. The van der Waals surface area contributed by atoms with Gasteiger partial charge in [-0.05, 0) is 68.3 Å². The summed E-state index contributed by atoms with van der Waals surface area (Å²) in [6.07, 6.45) is 5.28. The number of ether oxygens (including phenoxy) is 2. The molecule has 1 saturated carbocycles. The van der Waals surface area contributed by atoms with Crippen molar-refractivity contribution in [3.63, 3.8) is 0 Å². The van der Waals surface area contributed by atoms with Crippen LogP contribution in [0.2, 0.25) is 0 Å². The first-order valence-electron chi connectivity index (χ1n) is 10.4. The van der Waals surface area contributed by atoms with Crippen LogP contribution in [0.3, 0.4) is 0 Å². The SMILES string of the molecule is CCCOc1ccc(CN(CCC)C(=O)C2CC23CCNCC3)cc1OC.Cl. The molecule has 1 saturated heterocycles. The van der Waals surface area contributed by atoms with E-state index in [9.17, 15) is 4.79 Å². The zero-order valence-corrected chi connectivity index (χ0v) is 18.3. The van der Waals surface area contributed by atoms with E-state index in [0.29, 0.717) is 19.1 Å². The highest BCUT2D eigenvalue weighted by Gasteiger charge is 2.58. The molecule has 5 nitrogen and oxygen atoms in total. The summed E-state index contributed by atoms with van der Waals surface area (Å²) < 4.78 is 11.2. The number of carbonyl (C=O) groups is 1. The Balaban J connectivity index is 0.00000280.